The lowest BCUT2D eigenvalue weighted by Crippen LogP contribution is -2.22. The number of methoxy groups -OCH3 is 2. The highest BCUT2D eigenvalue weighted by Gasteiger charge is 2.19. The maximum atomic E-state index is 13.0. The Hall–Kier alpha value is -3.34. The van der Waals surface area contributed by atoms with Gasteiger partial charge in [-0.15, -0.1) is 0 Å². The van der Waals surface area contributed by atoms with Crippen LogP contribution < -0.4 is 10.1 Å². The third-order valence-electron chi connectivity index (χ3n) is 4.86. The third-order valence-corrected chi connectivity index (χ3v) is 4.86. The number of ether oxygens (including phenoxy) is 2. The van der Waals surface area contributed by atoms with E-state index in [9.17, 15) is 8.78 Å². The van der Waals surface area contributed by atoms with Gasteiger partial charge in [-0.25, -0.2) is 18.7 Å². The topological polar surface area (TPSA) is 103 Å². The predicted octanol–water partition coefficient (Wildman–Crippen LogP) is 3.40. The molecule has 0 aliphatic rings. The molecule has 11 heteroatoms. The quantitative estimate of drug-likeness (QED) is 0.441. The molecular formula is C20H23F2N7O2. The molecule has 4 aromatic heterocycles. The van der Waals surface area contributed by atoms with Crippen molar-refractivity contribution in [2.75, 3.05) is 26.1 Å². The summed E-state index contributed by atoms with van der Waals surface area (Å²) in [6, 6.07) is 3.56. The molecule has 0 bridgehead atoms. The molecule has 4 heterocycles. The number of H-pyrrole nitrogens is 1. The van der Waals surface area contributed by atoms with Crippen LogP contribution in [-0.4, -0.2) is 62.8 Å². The van der Waals surface area contributed by atoms with Gasteiger partial charge < -0.3 is 24.3 Å². The minimum atomic E-state index is -2.51. The summed E-state index contributed by atoms with van der Waals surface area (Å²) in [5.74, 6) is 1.25. The largest absolute Gasteiger partial charge is 0.480 e. The van der Waals surface area contributed by atoms with Crippen molar-refractivity contribution < 1.29 is 18.3 Å². The number of nitrogens with one attached hydrogen (secondary N) is 2. The molecule has 2 N–H and O–H groups in total. The van der Waals surface area contributed by atoms with Gasteiger partial charge in [0, 0.05) is 24.9 Å². The molecule has 0 aliphatic carbocycles. The molecule has 0 spiro atoms. The maximum Gasteiger partial charge on any atom is 0.256 e. The first-order valence-corrected chi connectivity index (χ1v) is 9.72. The average Bonchev–Trinajstić information content (AvgIpc) is 3.28. The van der Waals surface area contributed by atoms with Crippen LogP contribution in [0.5, 0.6) is 5.88 Å². The fraction of sp³-hybridized carbons (Fsp3) is 0.400. The van der Waals surface area contributed by atoms with Gasteiger partial charge in [0.25, 0.3) is 6.43 Å². The van der Waals surface area contributed by atoms with Gasteiger partial charge >= 0.3 is 0 Å². The molecule has 0 radical (unpaired) electrons. The van der Waals surface area contributed by atoms with Crippen LogP contribution in [0.25, 0.3) is 33.5 Å². The van der Waals surface area contributed by atoms with E-state index in [4.69, 9.17) is 9.47 Å². The van der Waals surface area contributed by atoms with Crippen molar-refractivity contribution in [2.24, 2.45) is 0 Å². The Morgan fingerprint density at radius 2 is 1.97 bits per heavy atom. The minimum absolute atomic E-state index is 0.00373. The number of aromatic nitrogens is 6. The molecule has 9 nitrogen and oxygen atoms in total. The number of imidazole rings is 1. The third kappa shape index (κ3) is 4.00. The monoisotopic (exact) mass is 431 g/mol. The smallest absolute Gasteiger partial charge is 0.256 e. The summed E-state index contributed by atoms with van der Waals surface area (Å²) in [6.45, 7) is 3.67. The van der Waals surface area contributed by atoms with Crippen molar-refractivity contribution in [1.29, 1.82) is 0 Å². The SMILES string of the molecule is COCC(C)Nc1nc(OC)c2c(-c3ccc4nc(C)n(CC(F)F)c4n3)c[nH]c2n1. The highest BCUT2D eigenvalue weighted by molar-refractivity contribution is 5.97. The Bertz CT molecular complexity index is 1220. The van der Waals surface area contributed by atoms with Gasteiger partial charge in [-0.1, -0.05) is 0 Å². The van der Waals surface area contributed by atoms with Gasteiger partial charge in [-0.3, -0.25) is 0 Å². The van der Waals surface area contributed by atoms with Crippen LogP contribution in [0.4, 0.5) is 14.7 Å². The lowest BCUT2D eigenvalue weighted by atomic mass is 10.1. The second-order valence-corrected chi connectivity index (χ2v) is 7.18. The molecule has 0 amide bonds. The molecular weight excluding hydrogens is 408 g/mol. The average molecular weight is 431 g/mol. The van der Waals surface area contributed by atoms with Crippen LogP contribution in [0.3, 0.4) is 0 Å². The number of aryl methyl sites for hydroxylation is 1. The van der Waals surface area contributed by atoms with Crippen molar-refractivity contribution in [3.63, 3.8) is 0 Å². The van der Waals surface area contributed by atoms with Crippen LogP contribution in [0.15, 0.2) is 18.3 Å². The number of pyridine rings is 1. The van der Waals surface area contributed by atoms with Crippen molar-refractivity contribution in [1.82, 2.24) is 29.5 Å². The summed E-state index contributed by atoms with van der Waals surface area (Å²) in [6.07, 6.45) is -0.756. The zero-order chi connectivity index (χ0) is 22.1. The van der Waals surface area contributed by atoms with E-state index in [-0.39, 0.29) is 6.04 Å². The van der Waals surface area contributed by atoms with E-state index in [2.05, 4.69) is 30.2 Å². The molecule has 1 unspecified atom stereocenters. The number of fused-ring (bicyclic) bond motifs is 2. The lowest BCUT2D eigenvalue weighted by molar-refractivity contribution is 0.127. The Balaban J connectivity index is 1.80. The van der Waals surface area contributed by atoms with Crippen LogP contribution >= 0.6 is 0 Å². The number of halogens is 2. The van der Waals surface area contributed by atoms with E-state index in [1.807, 2.05) is 6.92 Å². The van der Waals surface area contributed by atoms with Crippen molar-refractivity contribution in [3.8, 4) is 17.1 Å². The van der Waals surface area contributed by atoms with E-state index in [0.29, 0.717) is 57.7 Å². The maximum absolute atomic E-state index is 13.0. The summed E-state index contributed by atoms with van der Waals surface area (Å²) >= 11 is 0. The van der Waals surface area contributed by atoms with Crippen molar-refractivity contribution >= 4 is 28.1 Å². The van der Waals surface area contributed by atoms with Gasteiger partial charge in [-0.05, 0) is 26.0 Å². The highest BCUT2D eigenvalue weighted by atomic mass is 19.3. The normalized spacial score (nSPS) is 12.7. The first-order chi connectivity index (χ1) is 14.9. The van der Waals surface area contributed by atoms with Gasteiger partial charge in [0.1, 0.15) is 17.0 Å². The fourth-order valence-electron chi connectivity index (χ4n) is 3.55. The summed E-state index contributed by atoms with van der Waals surface area (Å²) in [7, 11) is 3.15. The Morgan fingerprint density at radius 3 is 2.68 bits per heavy atom. The van der Waals surface area contributed by atoms with Gasteiger partial charge in [0.05, 0.1) is 31.3 Å². The Kier molecular flexibility index (Phi) is 5.68. The van der Waals surface area contributed by atoms with Gasteiger partial charge in [0.15, 0.2) is 5.65 Å². The van der Waals surface area contributed by atoms with Crippen LogP contribution in [0.2, 0.25) is 0 Å². The van der Waals surface area contributed by atoms with Crippen LogP contribution in [0, 0.1) is 6.92 Å². The fourth-order valence-corrected chi connectivity index (χ4v) is 3.55. The molecule has 31 heavy (non-hydrogen) atoms. The number of nitrogens with zero attached hydrogens (tertiary/aromatic N) is 5. The number of rotatable bonds is 8. The van der Waals surface area contributed by atoms with E-state index in [0.717, 1.165) is 0 Å². The standard InChI is InChI=1S/C20H23F2N7O2/c1-10(9-30-3)24-20-27-17-16(19(28-20)31-4)12(7-23-17)13-5-6-14-18(26-13)29(8-15(21)22)11(2)25-14/h5-7,10,15H,8-9H2,1-4H3,(H2,23,24,27,28). The van der Waals surface area contributed by atoms with Crippen molar-refractivity contribution in [3.05, 3.63) is 24.2 Å². The van der Waals surface area contributed by atoms with Crippen LogP contribution in [0.1, 0.15) is 12.7 Å². The predicted molar refractivity (Wildman–Crippen MR) is 113 cm³/mol. The van der Waals surface area contributed by atoms with E-state index >= 15 is 0 Å². The molecule has 0 fully saturated rings. The second-order valence-electron chi connectivity index (χ2n) is 7.18. The molecule has 164 valence electrons. The first kappa shape index (κ1) is 20.9. The molecule has 4 rings (SSSR count). The molecule has 0 aliphatic heterocycles. The van der Waals surface area contributed by atoms with E-state index < -0.39 is 13.0 Å². The van der Waals surface area contributed by atoms with Gasteiger partial charge in [0.2, 0.25) is 11.8 Å². The summed E-state index contributed by atoms with van der Waals surface area (Å²) in [4.78, 5) is 21.0. The molecule has 0 aromatic carbocycles. The van der Waals surface area contributed by atoms with Gasteiger partial charge in [-0.2, -0.15) is 9.97 Å². The summed E-state index contributed by atoms with van der Waals surface area (Å²) < 4.78 is 38.1. The zero-order valence-corrected chi connectivity index (χ0v) is 17.6. The van der Waals surface area contributed by atoms with Crippen LogP contribution in [-0.2, 0) is 11.3 Å². The van der Waals surface area contributed by atoms with Crippen molar-refractivity contribution in [2.45, 2.75) is 32.9 Å². The number of anilines is 1. The minimum Gasteiger partial charge on any atom is -0.480 e. The Labute approximate surface area is 176 Å². The molecule has 0 saturated carbocycles. The molecule has 1 atom stereocenters. The summed E-state index contributed by atoms with van der Waals surface area (Å²) in [5, 5.41) is 3.81. The Morgan fingerprint density at radius 1 is 1.16 bits per heavy atom. The summed E-state index contributed by atoms with van der Waals surface area (Å²) in [5.41, 5.74) is 2.80. The second kappa shape index (κ2) is 8.42. The zero-order valence-electron chi connectivity index (χ0n) is 17.6. The van der Waals surface area contributed by atoms with E-state index in [1.165, 1.54) is 11.7 Å². The molecule has 4 aromatic rings. The first-order valence-electron chi connectivity index (χ1n) is 9.72. The lowest BCUT2D eigenvalue weighted by Gasteiger charge is -2.13. The van der Waals surface area contributed by atoms with E-state index in [1.54, 1.807) is 32.4 Å². The highest BCUT2D eigenvalue weighted by Crippen LogP contribution is 2.34. The number of hydrogen-bond donors (Lipinski definition) is 2. The molecule has 0 saturated heterocycles. The number of alkyl halides is 2. The number of aromatic amines is 1. The number of hydrogen-bond acceptors (Lipinski definition) is 7.